The summed E-state index contributed by atoms with van der Waals surface area (Å²) in [5.74, 6) is 0.0395. The van der Waals surface area contributed by atoms with Crippen LogP contribution in [-0.4, -0.2) is 43.9 Å². The standard InChI is InChI=1S/C19H31F2N3O2.HI/c1-4-22-19(24-13-15(7-9-25)11-14(2)3)23-8-10-26-16-5-6-17(20)18(21)12-16;/h5-6,12,14-15,25H,4,7-11,13H2,1-3H3,(H2,22,23,24);1H. The summed E-state index contributed by atoms with van der Waals surface area (Å²) < 4.78 is 31.4. The Balaban J connectivity index is 0.00000676. The Hall–Kier alpha value is -1.16. The fraction of sp³-hybridized carbons (Fsp3) is 0.632. The van der Waals surface area contributed by atoms with Crippen LogP contribution in [0.1, 0.15) is 33.6 Å². The van der Waals surface area contributed by atoms with Crippen LogP contribution in [0.2, 0.25) is 0 Å². The van der Waals surface area contributed by atoms with E-state index in [1.807, 2.05) is 6.92 Å². The number of aliphatic hydroxyl groups excluding tert-OH is 1. The molecule has 0 aliphatic carbocycles. The number of hydrogen-bond acceptors (Lipinski definition) is 3. The number of nitrogens with zero attached hydrogens (tertiary/aromatic N) is 1. The third kappa shape index (κ3) is 11.3. The van der Waals surface area contributed by atoms with Crippen LogP contribution in [0.25, 0.3) is 0 Å². The minimum atomic E-state index is -0.926. The van der Waals surface area contributed by atoms with Crippen LogP contribution in [0.5, 0.6) is 5.75 Å². The Labute approximate surface area is 178 Å². The van der Waals surface area contributed by atoms with E-state index < -0.39 is 11.6 Å². The summed E-state index contributed by atoms with van der Waals surface area (Å²) in [6.45, 7) is 8.59. The fourth-order valence-electron chi connectivity index (χ4n) is 2.60. The van der Waals surface area contributed by atoms with E-state index in [0.29, 0.717) is 37.5 Å². The number of ether oxygens (including phenoxy) is 1. The summed E-state index contributed by atoms with van der Waals surface area (Å²) in [4.78, 5) is 4.57. The highest BCUT2D eigenvalue weighted by atomic mass is 127. The van der Waals surface area contributed by atoms with Gasteiger partial charge in [0.15, 0.2) is 17.6 Å². The SMILES string of the molecule is CCNC(=NCC(CCO)CC(C)C)NCCOc1ccc(F)c(F)c1.I. The second-order valence-corrected chi connectivity index (χ2v) is 6.58. The summed E-state index contributed by atoms with van der Waals surface area (Å²) in [7, 11) is 0. The minimum Gasteiger partial charge on any atom is -0.492 e. The molecule has 1 aromatic rings. The summed E-state index contributed by atoms with van der Waals surface area (Å²) in [5, 5.41) is 15.5. The Bertz CT molecular complexity index is 560. The lowest BCUT2D eigenvalue weighted by atomic mass is 9.94. The van der Waals surface area contributed by atoms with Crippen molar-refractivity contribution in [2.24, 2.45) is 16.8 Å². The zero-order valence-electron chi connectivity index (χ0n) is 16.3. The number of rotatable bonds is 11. The topological polar surface area (TPSA) is 65.9 Å². The van der Waals surface area contributed by atoms with Gasteiger partial charge in [-0.15, -0.1) is 24.0 Å². The molecule has 1 unspecified atom stereocenters. The van der Waals surface area contributed by atoms with Gasteiger partial charge in [0, 0.05) is 25.8 Å². The van der Waals surface area contributed by atoms with Gasteiger partial charge in [-0.1, -0.05) is 13.8 Å². The average Bonchev–Trinajstić information content (AvgIpc) is 2.59. The highest BCUT2D eigenvalue weighted by Crippen LogP contribution is 2.16. The summed E-state index contributed by atoms with van der Waals surface area (Å²) in [5.41, 5.74) is 0. The van der Waals surface area contributed by atoms with E-state index in [-0.39, 0.29) is 36.3 Å². The van der Waals surface area contributed by atoms with Crippen LogP contribution in [0, 0.1) is 23.5 Å². The highest BCUT2D eigenvalue weighted by Gasteiger charge is 2.10. The second-order valence-electron chi connectivity index (χ2n) is 6.58. The molecule has 0 bridgehead atoms. The van der Waals surface area contributed by atoms with E-state index in [9.17, 15) is 13.9 Å². The second kappa shape index (κ2) is 14.8. The minimum absolute atomic E-state index is 0. The van der Waals surface area contributed by atoms with Crippen LogP contribution in [0.3, 0.4) is 0 Å². The summed E-state index contributed by atoms with van der Waals surface area (Å²) >= 11 is 0. The summed E-state index contributed by atoms with van der Waals surface area (Å²) in [6.07, 6.45) is 1.75. The third-order valence-electron chi connectivity index (χ3n) is 3.75. The maximum atomic E-state index is 13.1. The molecule has 0 aliphatic heterocycles. The molecule has 1 atom stereocenters. The van der Waals surface area contributed by atoms with Gasteiger partial charge >= 0.3 is 0 Å². The van der Waals surface area contributed by atoms with Gasteiger partial charge in [-0.3, -0.25) is 4.99 Å². The van der Waals surface area contributed by atoms with Crippen molar-refractivity contribution in [3.8, 4) is 5.75 Å². The van der Waals surface area contributed by atoms with E-state index in [1.54, 1.807) is 0 Å². The van der Waals surface area contributed by atoms with Crippen LogP contribution >= 0.6 is 24.0 Å². The van der Waals surface area contributed by atoms with Crippen LogP contribution in [0.4, 0.5) is 8.78 Å². The van der Waals surface area contributed by atoms with Gasteiger partial charge in [0.2, 0.25) is 0 Å². The molecule has 5 nitrogen and oxygen atoms in total. The molecule has 1 aromatic carbocycles. The summed E-state index contributed by atoms with van der Waals surface area (Å²) in [6, 6.07) is 3.46. The highest BCUT2D eigenvalue weighted by molar-refractivity contribution is 14.0. The third-order valence-corrected chi connectivity index (χ3v) is 3.75. The number of benzene rings is 1. The van der Waals surface area contributed by atoms with E-state index in [1.165, 1.54) is 6.07 Å². The Morgan fingerprint density at radius 1 is 1.22 bits per heavy atom. The molecule has 0 saturated heterocycles. The molecule has 3 N–H and O–H groups in total. The molecular weight excluding hydrogens is 467 g/mol. The first-order chi connectivity index (χ1) is 12.5. The number of guanidine groups is 1. The van der Waals surface area contributed by atoms with Gasteiger partial charge in [-0.2, -0.15) is 0 Å². The monoisotopic (exact) mass is 499 g/mol. The maximum Gasteiger partial charge on any atom is 0.191 e. The molecule has 1 rings (SSSR count). The largest absolute Gasteiger partial charge is 0.492 e. The van der Waals surface area contributed by atoms with Crippen LogP contribution < -0.4 is 15.4 Å². The van der Waals surface area contributed by atoms with Gasteiger partial charge < -0.3 is 20.5 Å². The molecule has 156 valence electrons. The van der Waals surface area contributed by atoms with Gasteiger partial charge in [0.25, 0.3) is 0 Å². The normalized spacial score (nSPS) is 12.5. The molecule has 0 heterocycles. The van der Waals surface area contributed by atoms with Gasteiger partial charge in [-0.05, 0) is 43.7 Å². The predicted octanol–water partition coefficient (Wildman–Crippen LogP) is 3.56. The van der Waals surface area contributed by atoms with Crippen molar-refractivity contribution >= 4 is 29.9 Å². The van der Waals surface area contributed by atoms with Gasteiger partial charge in [0.05, 0.1) is 6.54 Å². The Kier molecular flexibility index (Phi) is 14.2. The van der Waals surface area contributed by atoms with E-state index in [0.717, 1.165) is 31.5 Å². The van der Waals surface area contributed by atoms with Crippen molar-refractivity contribution in [1.29, 1.82) is 0 Å². The van der Waals surface area contributed by atoms with Gasteiger partial charge in [-0.25, -0.2) is 8.78 Å². The molecule has 0 radical (unpaired) electrons. The lowest BCUT2D eigenvalue weighted by Crippen LogP contribution is -2.39. The molecule has 0 saturated carbocycles. The fourth-order valence-corrected chi connectivity index (χ4v) is 2.60. The quantitative estimate of drug-likeness (QED) is 0.189. The number of halogens is 3. The number of nitrogens with one attached hydrogen (secondary N) is 2. The van der Waals surface area contributed by atoms with Crippen molar-refractivity contribution in [1.82, 2.24) is 10.6 Å². The maximum absolute atomic E-state index is 13.1. The lowest BCUT2D eigenvalue weighted by Gasteiger charge is -2.17. The molecule has 8 heteroatoms. The average molecular weight is 499 g/mol. The smallest absolute Gasteiger partial charge is 0.191 e. The van der Waals surface area contributed by atoms with Crippen molar-refractivity contribution < 1.29 is 18.6 Å². The first-order valence-electron chi connectivity index (χ1n) is 9.17. The lowest BCUT2D eigenvalue weighted by molar-refractivity contribution is 0.245. The Morgan fingerprint density at radius 2 is 1.96 bits per heavy atom. The molecule has 0 amide bonds. The van der Waals surface area contributed by atoms with Crippen molar-refractivity contribution in [2.45, 2.75) is 33.6 Å². The van der Waals surface area contributed by atoms with Crippen LogP contribution in [-0.2, 0) is 0 Å². The van der Waals surface area contributed by atoms with E-state index >= 15 is 0 Å². The first-order valence-corrected chi connectivity index (χ1v) is 9.17. The van der Waals surface area contributed by atoms with Crippen LogP contribution in [0.15, 0.2) is 23.2 Å². The molecule has 0 aliphatic rings. The Morgan fingerprint density at radius 3 is 2.56 bits per heavy atom. The first kappa shape index (κ1) is 25.8. The van der Waals surface area contributed by atoms with E-state index in [4.69, 9.17) is 4.74 Å². The number of hydrogen-bond donors (Lipinski definition) is 3. The molecular formula is C19H32F2IN3O2. The number of aliphatic imine (C=N–C) groups is 1. The molecule has 27 heavy (non-hydrogen) atoms. The zero-order chi connectivity index (χ0) is 19.4. The van der Waals surface area contributed by atoms with Gasteiger partial charge in [0.1, 0.15) is 12.4 Å². The van der Waals surface area contributed by atoms with Crippen molar-refractivity contribution in [2.75, 3.05) is 32.8 Å². The molecule has 0 fully saturated rings. The zero-order valence-corrected chi connectivity index (χ0v) is 18.6. The number of aliphatic hydroxyl groups is 1. The molecule has 0 spiro atoms. The van der Waals surface area contributed by atoms with E-state index in [2.05, 4.69) is 29.5 Å². The van der Waals surface area contributed by atoms with Crippen molar-refractivity contribution in [3.63, 3.8) is 0 Å². The molecule has 0 aromatic heterocycles. The van der Waals surface area contributed by atoms with Crippen molar-refractivity contribution in [3.05, 3.63) is 29.8 Å². The predicted molar refractivity (Wildman–Crippen MR) is 116 cm³/mol.